The Kier molecular flexibility index (Phi) is 7.78. The second kappa shape index (κ2) is 11.7. The number of piperazine rings is 1. The van der Waals surface area contributed by atoms with Gasteiger partial charge in [0.1, 0.15) is 0 Å². The van der Waals surface area contributed by atoms with Crippen molar-refractivity contribution in [2.45, 2.75) is 44.4 Å². The molecule has 0 spiro atoms. The summed E-state index contributed by atoms with van der Waals surface area (Å²) in [6.45, 7) is 7.09. The molecule has 4 heteroatoms. The van der Waals surface area contributed by atoms with Crippen LogP contribution in [0.3, 0.4) is 0 Å². The van der Waals surface area contributed by atoms with Gasteiger partial charge in [0.25, 0.3) is 5.91 Å². The third kappa shape index (κ3) is 5.66. The average Bonchev–Trinajstić information content (AvgIpc) is 3.49. The topological polar surface area (TPSA) is 26.8 Å². The lowest BCUT2D eigenvalue weighted by molar-refractivity contribution is 0.0712. The van der Waals surface area contributed by atoms with E-state index in [1.54, 1.807) is 0 Å². The van der Waals surface area contributed by atoms with Gasteiger partial charge in [-0.15, -0.1) is 0 Å². The number of amides is 1. The Bertz CT molecular complexity index is 1160. The normalized spacial score (nSPS) is 18.8. The van der Waals surface area contributed by atoms with Crippen molar-refractivity contribution in [3.05, 3.63) is 101 Å². The predicted molar refractivity (Wildman–Crippen MR) is 156 cm³/mol. The molecule has 1 aliphatic carbocycles. The Morgan fingerprint density at radius 1 is 0.763 bits per heavy atom. The molecule has 1 saturated heterocycles. The Balaban J connectivity index is 1.06. The van der Waals surface area contributed by atoms with E-state index in [-0.39, 0.29) is 5.91 Å². The SMILES string of the molecule is O=C1c2cc(N3CCN(CCC(c4ccccc4)c4ccccc4)CC3)ccc2CCN1CC1CCCC1. The summed E-state index contributed by atoms with van der Waals surface area (Å²) >= 11 is 0. The minimum atomic E-state index is 0.256. The number of carbonyl (C=O) groups is 1. The van der Waals surface area contributed by atoms with Gasteiger partial charge in [0.15, 0.2) is 0 Å². The summed E-state index contributed by atoms with van der Waals surface area (Å²) in [5, 5.41) is 0. The van der Waals surface area contributed by atoms with Crippen molar-refractivity contribution >= 4 is 11.6 Å². The van der Waals surface area contributed by atoms with Gasteiger partial charge in [-0.2, -0.15) is 0 Å². The molecule has 1 amide bonds. The molecule has 0 bridgehead atoms. The fraction of sp³-hybridized carbons (Fsp3) is 0.441. The minimum absolute atomic E-state index is 0.256. The van der Waals surface area contributed by atoms with Crippen LogP contribution in [0.4, 0.5) is 5.69 Å². The maximum absolute atomic E-state index is 13.4. The maximum Gasteiger partial charge on any atom is 0.254 e. The zero-order valence-corrected chi connectivity index (χ0v) is 22.6. The maximum atomic E-state index is 13.4. The van der Waals surface area contributed by atoms with E-state index in [4.69, 9.17) is 0 Å². The largest absolute Gasteiger partial charge is 0.369 e. The number of anilines is 1. The van der Waals surface area contributed by atoms with Gasteiger partial charge in [-0.05, 0) is 67.0 Å². The number of hydrogen-bond acceptors (Lipinski definition) is 3. The van der Waals surface area contributed by atoms with Crippen LogP contribution in [0.2, 0.25) is 0 Å². The van der Waals surface area contributed by atoms with Crippen LogP contribution in [0.25, 0.3) is 0 Å². The minimum Gasteiger partial charge on any atom is -0.369 e. The van der Waals surface area contributed by atoms with Crippen molar-refractivity contribution in [1.82, 2.24) is 9.80 Å². The van der Waals surface area contributed by atoms with Crippen LogP contribution in [0, 0.1) is 5.92 Å². The lowest BCUT2D eigenvalue weighted by atomic mass is 9.88. The van der Waals surface area contributed by atoms with Crippen LogP contribution in [-0.2, 0) is 6.42 Å². The number of hydrogen-bond donors (Lipinski definition) is 0. The monoisotopic (exact) mass is 507 g/mol. The molecule has 2 heterocycles. The van der Waals surface area contributed by atoms with Gasteiger partial charge in [-0.1, -0.05) is 79.6 Å². The van der Waals surface area contributed by atoms with E-state index in [0.29, 0.717) is 11.8 Å². The highest BCUT2D eigenvalue weighted by Gasteiger charge is 2.29. The number of benzene rings is 3. The van der Waals surface area contributed by atoms with E-state index in [9.17, 15) is 4.79 Å². The first-order valence-electron chi connectivity index (χ1n) is 14.7. The summed E-state index contributed by atoms with van der Waals surface area (Å²) in [4.78, 5) is 20.6. The van der Waals surface area contributed by atoms with Crippen LogP contribution in [0.15, 0.2) is 78.9 Å². The third-order valence-electron chi connectivity index (χ3n) is 9.09. The first-order chi connectivity index (χ1) is 18.7. The quantitative estimate of drug-likeness (QED) is 0.362. The summed E-state index contributed by atoms with van der Waals surface area (Å²) in [7, 11) is 0. The van der Waals surface area contributed by atoms with Crippen molar-refractivity contribution in [1.29, 1.82) is 0 Å². The predicted octanol–water partition coefficient (Wildman–Crippen LogP) is 6.22. The molecule has 4 nitrogen and oxygen atoms in total. The number of rotatable bonds is 8. The molecule has 3 aromatic rings. The molecule has 0 N–H and O–H groups in total. The second-order valence-electron chi connectivity index (χ2n) is 11.5. The standard InChI is InChI=1S/C34H41N3O/c38-34-33-25-31(16-15-30(33)17-20-37(34)26-27-9-7-8-10-27)36-23-21-35(22-24-36)19-18-32(28-11-3-1-4-12-28)29-13-5-2-6-14-29/h1-6,11-16,25,27,32H,7-10,17-24,26H2. The zero-order valence-electron chi connectivity index (χ0n) is 22.6. The molecule has 1 saturated carbocycles. The van der Waals surface area contributed by atoms with Crippen LogP contribution in [0.1, 0.15) is 65.1 Å². The third-order valence-corrected chi connectivity index (χ3v) is 9.09. The van der Waals surface area contributed by atoms with Crippen LogP contribution in [0.5, 0.6) is 0 Å². The molecule has 3 aromatic carbocycles. The molecule has 0 aromatic heterocycles. The van der Waals surface area contributed by atoms with Crippen molar-refractivity contribution < 1.29 is 4.79 Å². The van der Waals surface area contributed by atoms with E-state index >= 15 is 0 Å². The van der Waals surface area contributed by atoms with E-state index in [0.717, 1.165) is 64.2 Å². The van der Waals surface area contributed by atoms with Gasteiger partial charge in [0.05, 0.1) is 0 Å². The van der Waals surface area contributed by atoms with Gasteiger partial charge in [0, 0.05) is 56.4 Å². The van der Waals surface area contributed by atoms with Crippen molar-refractivity contribution in [3.8, 4) is 0 Å². The molecule has 2 aliphatic heterocycles. The zero-order chi connectivity index (χ0) is 25.7. The Morgan fingerprint density at radius 3 is 2.08 bits per heavy atom. The highest BCUT2D eigenvalue weighted by Crippen LogP contribution is 2.31. The molecule has 38 heavy (non-hydrogen) atoms. The Hall–Kier alpha value is -3.11. The number of nitrogens with zero attached hydrogens (tertiary/aromatic N) is 3. The molecular weight excluding hydrogens is 466 g/mol. The number of carbonyl (C=O) groups excluding carboxylic acids is 1. The smallest absolute Gasteiger partial charge is 0.254 e. The van der Waals surface area contributed by atoms with E-state index in [2.05, 4.69) is 93.6 Å². The summed E-state index contributed by atoms with van der Waals surface area (Å²) in [5.41, 5.74) is 6.19. The van der Waals surface area contributed by atoms with E-state index in [1.807, 2.05) is 0 Å². The summed E-state index contributed by atoms with van der Waals surface area (Å²) < 4.78 is 0. The number of fused-ring (bicyclic) bond motifs is 1. The van der Waals surface area contributed by atoms with Gasteiger partial charge < -0.3 is 9.80 Å². The van der Waals surface area contributed by atoms with E-state index in [1.165, 1.54) is 48.1 Å². The van der Waals surface area contributed by atoms with Gasteiger partial charge in [-0.3, -0.25) is 9.69 Å². The molecule has 2 fully saturated rings. The molecule has 0 radical (unpaired) electrons. The highest BCUT2D eigenvalue weighted by atomic mass is 16.2. The molecular formula is C34H41N3O. The molecule has 3 aliphatic rings. The second-order valence-corrected chi connectivity index (χ2v) is 11.5. The lowest BCUT2D eigenvalue weighted by Gasteiger charge is -2.37. The first kappa shape index (κ1) is 25.2. The fourth-order valence-corrected chi connectivity index (χ4v) is 6.82. The van der Waals surface area contributed by atoms with Gasteiger partial charge in [-0.25, -0.2) is 0 Å². The molecule has 198 valence electrons. The average molecular weight is 508 g/mol. The highest BCUT2D eigenvalue weighted by molar-refractivity contribution is 5.97. The van der Waals surface area contributed by atoms with Crippen molar-refractivity contribution in [3.63, 3.8) is 0 Å². The molecule has 0 atom stereocenters. The van der Waals surface area contributed by atoms with Gasteiger partial charge in [0.2, 0.25) is 0 Å². The molecule has 0 unspecified atom stereocenters. The van der Waals surface area contributed by atoms with Crippen molar-refractivity contribution in [2.24, 2.45) is 5.92 Å². The van der Waals surface area contributed by atoms with Crippen LogP contribution in [-0.4, -0.2) is 61.5 Å². The van der Waals surface area contributed by atoms with Crippen molar-refractivity contribution in [2.75, 3.05) is 50.7 Å². The molecule has 6 rings (SSSR count). The lowest BCUT2D eigenvalue weighted by Crippen LogP contribution is -2.47. The Labute approximate surface area is 228 Å². The summed E-state index contributed by atoms with van der Waals surface area (Å²) in [5.74, 6) is 1.39. The van der Waals surface area contributed by atoms with E-state index < -0.39 is 0 Å². The summed E-state index contributed by atoms with van der Waals surface area (Å²) in [6, 6.07) is 28.5. The fourth-order valence-electron chi connectivity index (χ4n) is 6.82. The Morgan fingerprint density at radius 2 is 1.42 bits per heavy atom. The first-order valence-corrected chi connectivity index (χ1v) is 14.7. The van der Waals surface area contributed by atoms with Gasteiger partial charge >= 0.3 is 0 Å². The van der Waals surface area contributed by atoms with Crippen LogP contribution >= 0.6 is 0 Å². The van der Waals surface area contributed by atoms with Crippen LogP contribution < -0.4 is 4.90 Å². The summed E-state index contributed by atoms with van der Waals surface area (Å²) in [6.07, 6.45) is 7.36.